The Hall–Kier alpha value is -2.00. The van der Waals surface area contributed by atoms with Crippen LogP contribution < -0.4 is 0 Å². The lowest BCUT2D eigenvalue weighted by atomic mass is 9.75. The quantitative estimate of drug-likeness (QED) is 0.596. The molecular formula is C12H11FN2O3. The van der Waals surface area contributed by atoms with Gasteiger partial charge >= 0.3 is 5.69 Å². The Morgan fingerprint density at radius 3 is 2.67 bits per heavy atom. The molecule has 0 aromatic heterocycles. The van der Waals surface area contributed by atoms with E-state index in [0.29, 0.717) is 31.6 Å². The smallest absolute Gasteiger partial charge is 0.305 e. The summed E-state index contributed by atoms with van der Waals surface area (Å²) in [4.78, 5) is 9.93. The molecule has 2 rings (SSSR count). The third kappa shape index (κ3) is 2.05. The lowest BCUT2D eigenvalue weighted by Gasteiger charge is -2.30. The molecule has 0 bridgehead atoms. The molecule has 1 saturated heterocycles. The van der Waals surface area contributed by atoms with E-state index in [-0.39, 0.29) is 0 Å². The predicted octanol–water partition coefficient (Wildman–Crippen LogP) is 2.31. The van der Waals surface area contributed by atoms with Crippen molar-refractivity contribution in [1.29, 1.82) is 5.26 Å². The van der Waals surface area contributed by atoms with Gasteiger partial charge in [0.1, 0.15) is 0 Å². The molecule has 1 aliphatic heterocycles. The standard InChI is InChI=1S/C12H11FN2O3/c13-10-2-1-9(7-11(10)15(16)17)12(8-14)3-5-18-6-4-12/h1-2,7H,3-6H2. The van der Waals surface area contributed by atoms with Crippen LogP contribution in [-0.2, 0) is 10.2 Å². The molecule has 0 atom stereocenters. The Morgan fingerprint density at radius 1 is 1.44 bits per heavy atom. The Bertz CT molecular complexity index is 519. The highest BCUT2D eigenvalue weighted by atomic mass is 19.1. The van der Waals surface area contributed by atoms with E-state index in [1.54, 1.807) is 0 Å². The van der Waals surface area contributed by atoms with Crippen molar-refractivity contribution in [2.45, 2.75) is 18.3 Å². The molecule has 1 aromatic rings. The number of halogens is 1. The maximum Gasteiger partial charge on any atom is 0.305 e. The zero-order valence-electron chi connectivity index (χ0n) is 9.56. The predicted molar refractivity (Wildman–Crippen MR) is 60.4 cm³/mol. The van der Waals surface area contributed by atoms with E-state index in [0.717, 1.165) is 12.1 Å². The largest absolute Gasteiger partial charge is 0.381 e. The molecule has 0 radical (unpaired) electrons. The van der Waals surface area contributed by atoms with Gasteiger partial charge in [0, 0.05) is 19.3 Å². The summed E-state index contributed by atoms with van der Waals surface area (Å²) < 4.78 is 18.5. The number of ether oxygens (including phenoxy) is 1. The third-order valence-corrected chi connectivity index (χ3v) is 3.26. The van der Waals surface area contributed by atoms with Crippen molar-refractivity contribution in [1.82, 2.24) is 0 Å². The fourth-order valence-electron chi connectivity index (χ4n) is 2.14. The average Bonchev–Trinajstić information content (AvgIpc) is 2.39. The lowest BCUT2D eigenvalue weighted by Crippen LogP contribution is -2.32. The summed E-state index contributed by atoms with van der Waals surface area (Å²) in [5.41, 5.74) is -0.911. The second-order valence-corrected chi connectivity index (χ2v) is 4.23. The monoisotopic (exact) mass is 250 g/mol. The number of hydrogen-bond acceptors (Lipinski definition) is 4. The first-order valence-electron chi connectivity index (χ1n) is 5.52. The van der Waals surface area contributed by atoms with Crippen LogP contribution in [0.15, 0.2) is 18.2 Å². The fraction of sp³-hybridized carbons (Fsp3) is 0.417. The number of nitro groups is 1. The molecule has 0 amide bonds. The van der Waals surface area contributed by atoms with Gasteiger partial charge in [-0.2, -0.15) is 9.65 Å². The Labute approximate surface area is 103 Å². The van der Waals surface area contributed by atoms with E-state index < -0.39 is 21.8 Å². The molecule has 0 spiro atoms. The van der Waals surface area contributed by atoms with Crippen molar-refractivity contribution in [2.75, 3.05) is 13.2 Å². The number of nitriles is 1. The van der Waals surface area contributed by atoms with Crippen molar-refractivity contribution in [2.24, 2.45) is 0 Å². The van der Waals surface area contributed by atoms with Gasteiger partial charge in [0.15, 0.2) is 0 Å². The molecule has 18 heavy (non-hydrogen) atoms. The molecule has 94 valence electrons. The molecule has 1 heterocycles. The van der Waals surface area contributed by atoms with Crippen LogP contribution in [0.3, 0.4) is 0 Å². The number of nitro benzene ring substituents is 1. The average molecular weight is 250 g/mol. The second kappa shape index (κ2) is 4.70. The van der Waals surface area contributed by atoms with Crippen molar-refractivity contribution in [3.63, 3.8) is 0 Å². The van der Waals surface area contributed by atoms with E-state index in [1.807, 2.05) is 0 Å². The first-order valence-corrected chi connectivity index (χ1v) is 5.52. The molecule has 5 nitrogen and oxygen atoms in total. The van der Waals surface area contributed by atoms with Crippen LogP contribution in [0.5, 0.6) is 0 Å². The summed E-state index contributed by atoms with van der Waals surface area (Å²) in [6.07, 6.45) is 0.929. The SMILES string of the molecule is N#CC1(c2ccc(F)c([N+](=O)[O-])c2)CCOCC1. The highest BCUT2D eigenvalue weighted by Gasteiger charge is 2.36. The minimum Gasteiger partial charge on any atom is -0.381 e. The van der Waals surface area contributed by atoms with E-state index in [1.165, 1.54) is 6.07 Å². The van der Waals surface area contributed by atoms with Crippen LogP contribution in [0.2, 0.25) is 0 Å². The van der Waals surface area contributed by atoms with Crippen molar-refractivity contribution < 1.29 is 14.1 Å². The third-order valence-electron chi connectivity index (χ3n) is 3.26. The minimum absolute atomic E-state index is 0.429. The zero-order chi connectivity index (χ0) is 13.2. The molecular weight excluding hydrogens is 239 g/mol. The van der Waals surface area contributed by atoms with Crippen LogP contribution in [0.1, 0.15) is 18.4 Å². The van der Waals surface area contributed by atoms with Gasteiger partial charge in [-0.3, -0.25) is 10.1 Å². The molecule has 0 aliphatic carbocycles. The van der Waals surface area contributed by atoms with Gasteiger partial charge in [0.25, 0.3) is 0 Å². The molecule has 0 N–H and O–H groups in total. The molecule has 0 saturated carbocycles. The van der Waals surface area contributed by atoms with Gasteiger partial charge < -0.3 is 4.74 Å². The van der Waals surface area contributed by atoms with Crippen molar-refractivity contribution in [3.05, 3.63) is 39.7 Å². The van der Waals surface area contributed by atoms with Crippen LogP contribution in [0, 0.1) is 27.3 Å². The van der Waals surface area contributed by atoms with E-state index >= 15 is 0 Å². The number of benzene rings is 1. The molecule has 0 unspecified atom stereocenters. The van der Waals surface area contributed by atoms with Gasteiger partial charge in [-0.1, -0.05) is 6.07 Å². The first kappa shape index (κ1) is 12.5. The number of nitrogens with zero attached hydrogens (tertiary/aromatic N) is 2. The molecule has 1 fully saturated rings. The Kier molecular flexibility index (Phi) is 3.26. The van der Waals surface area contributed by atoms with E-state index in [9.17, 15) is 19.8 Å². The van der Waals surface area contributed by atoms with Gasteiger partial charge in [-0.15, -0.1) is 0 Å². The van der Waals surface area contributed by atoms with Crippen LogP contribution in [0.25, 0.3) is 0 Å². The summed E-state index contributed by atoms with van der Waals surface area (Å²) in [5, 5.41) is 20.0. The lowest BCUT2D eigenvalue weighted by molar-refractivity contribution is -0.387. The van der Waals surface area contributed by atoms with Crippen LogP contribution >= 0.6 is 0 Å². The second-order valence-electron chi connectivity index (χ2n) is 4.23. The highest BCUT2D eigenvalue weighted by molar-refractivity contribution is 5.42. The first-order chi connectivity index (χ1) is 8.59. The maximum atomic E-state index is 13.3. The molecule has 1 aliphatic rings. The maximum absolute atomic E-state index is 13.3. The zero-order valence-corrected chi connectivity index (χ0v) is 9.56. The normalized spacial score (nSPS) is 18.0. The van der Waals surface area contributed by atoms with Gasteiger partial charge in [0.05, 0.1) is 16.4 Å². The summed E-state index contributed by atoms with van der Waals surface area (Å²) >= 11 is 0. The van der Waals surface area contributed by atoms with E-state index in [4.69, 9.17) is 4.74 Å². The Morgan fingerprint density at radius 2 is 2.11 bits per heavy atom. The minimum atomic E-state index is -0.885. The summed E-state index contributed by atoms with van der Waals surface area (Å²) in [7, 11) is 0. The summed E-state index contributed by atoms with van der Waals surface area (Å²) in [6, 6.07) is 5.84. The number of hydrogen-bond donors (Lipinski definition) is 0. The van der Waals surface area contributed by atoms with Gasteiger partial charge in [-0.05, 0) is 24.5 Å². The Balaban J connectivity index is 2.47. The topological polar surface area (TPSA) is 76.2 Å². The van der Waals surface area contributed by atoms with Crippen LogP contribution in [0.4, 0.5) is 10.1 Å². The van der Waals surface area contributed by atoms with Crippen molar-refractivity contribution >= 4 is 5.69 Å². The fourth-order valence-corrected chi connectivity index (χ4v) is 2.14. The molecule has 6 heteroatoms. The van der Waals surface area contributed by atoms with Gasteiger partial charge in [0.2, 0.25) is 5.82 Å². The molecule has 1 aromatic carbocycles. The highest BCUT2D eigenvalue weighted by Crippen LogP contribution is 2.36. The van der Waals surface area contributed by atoms with E-state index in [2.05, 4.69) is 6.07 Å². The van der Waals surface area contributed by atoms with Crippen LogP contribution in [-0.4, -0.2) is 18.1 Å². The van der Waals surface area contributed by atoms with Gasteiger partial charge in [-0.25, -0.2) is 0 Å². The summed E-state index contributed by atoms with van der Waals surface area (Å²) in [5.74, 6) is -0.885. The summed E-state index contributed by atoms with van der Waals surface area (Å²) in [6.45, 7) is 0.859. The number of rotatable bonds is 2. The van der Waals surface area contributed by atoms with Crippen molar-refractivity contribution in [3.8, 4) is 6.07 Å².